The first-order chi connectivity index (χ1) is 8.61. The second-order valence-corrected chi connectivity index (χ2v) is 5.12. The van der Waals surface area contributed by atoms with Crippen molar-refractivity contribution in [2.24, 2.45) is 0 Å². The number of hydrogen-bond donors (Lipinski definition) is 2. The number of nitrogens with zero attached hydrogens (tertiary/aromatic N) is 1. The Hall–Kier alpha value is -1.91. The van der Waals surface area contributed by atoms with E-state index in [1.165, 1.54) is 6.07 Å². The molecule has 0 unspecified atom stereocenters. The van der Waals surface area contributed by atoms with Gasteiger partial charge in [-0.3, -0.25) is 9.59 Å². The Morgan fingerprint density at radius 1 is 1.44 bits per heavy atom. The van der Waals surface area contributed by atoms with Crippen LogP contribution in [0.5, 0.6) is 0 Å². The van der Waals surface area contributed by atoms with Gasteiger partial charge in [-0.1, -0.05) is 12.2 Å². The molecule has 0 atom stereocenters. The number of aromatic amines is 1. The lowest BCUT2D eigenvalue weighted by molar-refractivity contribution is 0.0923. The Morgan fingerprint density at radius 2 is 2.17 bits per heavy atom. The molecule has 0 aromatic carbocycles. The number of hydrogen-bond acceptors (Lipinski definition) is 3. The third-order valence-electron chi connectivity index (χ3n) is 3.36. The fraction of sp³-hybridized carbons (Fsp3) is 0.462. The van der Waals surface area contributed by atoms with E-state index in [2.05, 4.69) is 21.9 Å². The van der Waals surface area contributed by atoms with Crippen LogP contribution in [-0.2, 0) is 0 Å². The van der Waals surface area contributed by atoms with Gasteiger partial charge in [-0.05, 0) is 25.7 Å². The van der Waals surface area contributed by atoms with Crippen molar-refractivity contribution >= 4 is 5.91 Å². The van der Waals surface area contributed by atoms with Crippen molar-refractivity contribution in [2.45, 2.75) is 37.6 Å². The van der Waals surface area contributed by atoms with E-state index in [1.807, 2.05) is 0 Å². The van der Waals surface area contributed by atoms with Crippen molar-refractivity contribution in [3.63, 3.8) is 0 Å². The van der Waals surface area contributed by atoms with Gasteiger partial charge in [0.2, 0.25) is 0 Å². The molecule has 5 nitrogen and oxygen atoms in total. The molecule has 18 heavy (non-hydrogen) atoms. The molecule has 0 aliphatic heterocycles. The predicted molar refractivity (Wildman–Crippen MR) is 66.5 cm³/mol. The first kappa shape index (κ1) is 11.2. The van der Waals surface area contributed by atoms with Gasteiger partial charge in [-0.15, -0.1) is 0 Å². The molecule has 1 amide bonds. The molecular formula is C13H15N3O2. The van der Waals surface area contributed by atoms with Crippen LogP contribution >= 0.6 is 0 Å². The zero-order valence-electron chi connectivity index (χ0n) is 10.0. The molecule has 2 saturated carbocycles. The minimum Gasteiger partial charge on any atom is -0.347 e. The van der Waals surface area contributed by atoms with Crippen LogP contribution in [0.15, 0.2) is 23.0 Å². The lowest BCUT2D eigenvalue weighted by atomic mass is 9.88. The Bertz CT molecular complexity index is 564. The molecule has 2 fully saturated rings. The van der Waals surface area contributed by atoms with Crippen LogP contribution in [0.1, 0.15) is 47.9 Å². The first-order valence-electron chi connectivity index (χ1n) is 6.20. The van der Waals surface area contributed by atoms with Gasteiger partial charge in [0.1, 0.15) is 11.5 Å². The lowest BCUT2D eigenvalue weighted by Gasteiger charge is -2.28. The molecule has 1 aromatic heterocycles. The van der Waals surface area contributed by atoms with Crippen molar-refractivity contribution in [1.29, 1.82) is 0 Å². The summed E-state index contributed by atoms with van der Waals surface area (Å²) in [7, 11) is 0. The molecule has 2 aliphatic carbocycles. The number of rotatable bonds is 3. The third kappa shape index (κ3) is 2.20. The summed E-state index contributed by atoms with van der Waals surface area (Å²) in [6.07, 6.45) is 3.72. The van der Waals surface area contributed by atoms with Gasteiger partial charge in [0, 0.05) is 18.0 Å². The van der Waals surface area contributed by atoms with Crippen LogP contribution in [0, 0.1) is 0 Å². The highest BCUT2D eigenvalue weighted by Gasteiger charge is 2.28. The topological polar surface area (TPSA) is 74.8 Å². The Kier molecular flexibility index (Phi) is 2.54. The average Bonchev–Trinajstić information content (AvgIpc) is 3.09. The first-order valence-corrected chi connectivity index (χ1v) is 6.20. The molecule has 5 heteroatoms. The Balaban J connectivity index is 1.76. The maximum atomic E-state index is 11.9. The molecule has 0 bridgehead atoms. The quantitative estimate of drug-likeness (QED) is 0.783. The lowest BCUT2D eigenvalue weighted by Crippen LogP contribution is -2.41. The summed E-state index contributed by atoms with van der Waals surface area (Å²) in [4.78, 5) is 30.4. The van der Waals surface area contributed by atoms with Crippen LogP contribution in [-0.4, -0.2) is 21.9 Å². The van der Waals surface area contributed by atoms with Crippen molar-refractivity contribution in [3.05, 3.63) is 40.1 Å². The van der Waals surface area contributed by atoms with Gasteiger partial charge in [-0.2, -0.15) is 0 Å². The number of nitrogens with one attached hydrogen (secondary N) is 2. The molecule has 0 radical (unpaired) electrons. The van der Waals surface area contributed by atoms with Gasteiger partial charge < -0.3 is 10.3 Å². The molecule has 2 aliphatic rings. The maximum absolute atomic E-state index is 11.9. The van der Waals surface area contributed by atoms with Gasteiger partial charge in [0.15, 0.2) is 0 Å². The maximum Gasteiger partial charge on any atom is 0.270 e. The summed E-state index contributed by atoms with van der Waals surface area (Å²) in [6, 6.07) is 1.41. The number of H-pyrrole nitrogens is 1. The number of carbonyl (C=O) groups excluding carboxylic acids is 1. The van der Waals surface area contributed by atoms with E-state index in [0.717, 1.165) is 31.3 Å². The zero-order valence-corrected chi connectivity index (χ0v) is 10.0. The summed E-state index contributed by atoms with van der Waals surface area (Å²) in [5.74, 6) is 0.708. The molecule has 0 saturated heterocycles. The molecule has 0 spiro atoms. The molecule has 94 valence electrons. The highest BCUT2D eigenvalue weighted by atomic mass is 16.2. The number of amides is 1. The van der Waals surface area contributed by atoms with Gasteiger partial charge in [-0.25, -0.2) is 4.98 Å². The Labute approximate surface area is 104 Å². The minimum atomic E-state index is -0.263. The van der Waals surface area contributed by atoms with Gasteiger partial charge in [0.05, 0.1) is 0 Å². The predicted octanol–water partition coefficient (Wildman–Crippen LogP) is 1.10. The summed E-state index contributed by atoms with van der Waals surface area (Å²) >= 11 is 0. The van der Waals surface area contributed by atoms with Crippen molar-refractivity contribution in [3.8, 4) is 0 Å². The molecule has 3 rings (SSSR count). The molecule has 1 aromatic rings. The van der Waals surface area contributed by atoms with E-state index in [0.29, 0.717) is 11.7 Å². The van der Waals surface area contributed by atoms with E-state index in [-0.39, 0.29) is 23.2 Å². The monoisotopic (exact) mass is 245 g/mol. The van der Waals surface area contributed by atoms with Crippen molar-refractivity contribution in [2.75, 3.05) is 0 Å². The van der Waals surface area contributed by atoms with Crippen LogP contribution < -0.4 is 10.9 Å². The van der Waals surface area contributed by atoms with Crippen LogP contribution in [0.2, 0.25) is 0 Å². The highest BCUT2D eigenvalue weighted by molar-refractivity contribution is 5.92. The van der Waals surface area contributed by atoms with E-state index in [4.69, 9.17) is 0 Å². The van der Waals surface area contributed by atoms with Crippen molar-refractivity contribution in [1.82, 2.24) is 15.3 Å². The standard InChI is InChI=1S/C13H15N3O2/c1-7-4-9(5-7)14-13(18)10-6-11(17)16-12(15-10)8-2-3-8/h6,8-9H,1-5H2,(H,14,18)(H,15,16,17). The number of aromatic nitrogens is 2. The zero-order chi connectivity index (χ0) is 12.7. The molecule has 2 N–H and O–H groups in total. The van der Waals surface area contributed by atoms with E-state index < -0.39 is 0 Å². The van der Waals surface area contributed by atoms with E-state index in [1.54, 1.807) is 0 Å². The largest absolute Gasteiger partial charge is 0.347 e. The van der Waals surface area contributed by atoms with Gasteiger partial charge >= 0.3 is 0 Å². The molecule has 1 heterocycles. The smallest absolute Gasteiger partial charge is 0.270 e. The SMILES string of the molecule is C=C1CC(NC(=O)c2cc(=O)[nH]c(C3CC3)n2)C1. The molecular weight excluding hydrogens is 230 g/mol. The Morgan fingerprint density at radius 3 is 2.78 bits per heavy atom. The highest BCUT2D eigenvalue weighted by Crippen LogP contribution is 2.37. The second kappa shape index (κ2) is 4.08. The summed E-state index contributed by atoms with van der Waals surface area (Å²) in [5, 5.41) is 2.86. The average molecular weight is 245 g/mol. The van der Waals surface area contributed by atoms with Crippen molar-refractivity contribution < 1.29 is 4.79 Å². The summed E-state index contributed by atoms with van der Waals surface area (Å²) < 4.78 is 0. The minimum absolute atomic E-state index is 0.149. The summed E-state index contributed by atoms with van der Waals surface area (Å²) in [6.45, 7) is 3.83. The third-order valence-corrected chi connectivity index (χ3v) is 3.36. The van der Waals surface area contributed by atoms with E-state index in [9.17, 15) is 9.59 Å². The normalized spacial score (nSPS) is 19.4. The summed E-state index contributed by atoms with van der Waals surface area (Å²) in [5.41, 5.74) is 1.12. The van der Waals surface area contributed by atoms with Crippen LogP contribution in [0.4, 0.5) is 0 Å². The fourth-order valence-corrected chi connectivity index (χ4v) is 2.14. The second-order valence-electron chi connectivity index (χ2n) is 5.12. The van der Waals surface area contributed by atoms with E-state index >= 15 is 0 Å². The van der Waals surface area contributed by atoms with Gasteiger partial charge in [0.25, 0.3) is 11.5 Å². The van der Waals surface area contributed by atoms with Crippen LogP contribution in [0.3, 0.4) is 0 Å². The van der Waals surface area contributed by atoms with Crippen LogP contribution in [0.25, 0.3) is 0 Å². The fourth-order valence-electron chi connectivity index (χ4n) is 2.14. The number of carbonyl (C=O) groups is 1.